The van der Waals surface area contributed by atoms with Crippen LogP contribution in [0.15, 0.2) is 48.3 Å². The fourth-order valence-electron chi connectivity index (χ4n) is 12.3. The Hall–Kier alpha value is -2.70. The molecule has 0 aromatic heterocycles. The van der Waals surface area contributed by atoms with Crippen molar-refractivity contribution in [2.45, 2.75) is 87.9 Å². The molecule has 8 fully saturated rings. The molecule has 0 radical (unpaired) electrons. The first-order valence-electron chi connectivity index (χ1n) is 18.3. The first-order valence-corrected chi connectivity index (χ1v) is 18.3. The van der Waals surface area contributed by atoms with Crippen molar-refractivity contribution >= 4 is 10.8 Å². The molecule has 12 rings (SSSR count). The van der Waals surface area contributed by atoms with Crippen LogP contribution in [0.25, 0.3) is 10.8 Å². The van der Waals surface area contributed by atoms with Crippen LogP contribution in [0.3, 0.4) is 0 Å². The minimum Gasteiger partial charge on any atom is -0.487 e. The Balaban J connectivity index is 1.05. The van der Waals surface area contributed by atoms with Gasteiger partial charge in [-0.25, -0.2) is 0 Å². The number of rotatable bonds is 14. The lowest BCUT2D eigenvalue weighted by atomic mass is 9.47. The van der Waals surface area contributed by atoms with E-state index in [0.717, 1.165) is 58.5 Å². The van der Waals surface area contributed by atoms with Crippen molar-refractivity contribution in [1.82, 2.24) is 0 Å². The van der Waals surface area contributed by atoms with Crippen molar-refractivity contribution in [1.29, 1.82) is 0 Å². The molecule has 2 aliphatic heterocycles. The summed E-state index contributed by atoms with van der Waals surface area (Å²) in [5.74, 6) is 8.94. The summed E-state index contributed by atoms with van der Waals surface area (Å²) >= 11 is 0. The maximum Gasteiger partial charge on any atom is 0.169 e. The summed E-state index contributed by atoms with van der Waals surface area (Å²) in [6, 6.07) is 10.0. The van der Waals surface area contributed by atoms with E-state index in [4.69, 9.17) is 28.4 Å². The average Bonchev–Trinajstić information content (AvgIpc) is 3.96. The van der Waals surface area contributed by atoms with Gasteiger partial charge in [0, 0.05) is 5.39 Å². The summed E-state index contributed by atoms with van der Waals surface area (Å²) < 4.78 is 35.4. The topological polar surface area (TPSA) is 62.0 Å². The Morgan fingerprint density at radius 1 is 0.565 bits per heavy atom. The van der Waals surface area contributed by atoms with Gasteiger partial charge in [-0.2, -0.15) is 0 Å². The first kappa shape index (κ1) is 28.3. The molecule has 46 heavy (non-hydrogen) atoms. The van der Waals surface area contributed by atoms with Crippen molar-refractivity contribution in [3.8, 4) is 11.5 Å². The SMILES string of the molecule is C1=C(COCCOc2cc(C34CC5CC(CC(C5)C3)C4)c3ccc(C45CC6CC(CC(C6)C4)C5)cc3c2OCCOCC2=CO2)O1. The molecule has 0 saturated heterocycles. The minimum atomic E-state index is 0.249. The van der Waals surface area contributed by atoms with E-state index in [2.05, 4.69) is 24.3 Å². The lowest BCUT2D eigenvalue weighted by Gasteiger charge is -2.57. The zero-order chi connectivity index (χ0) is 30.3. The van der Waals surface area contributed by atoms with Gasteiger partial charge in [-0.3, -0.25) is 0 Å². The van der Waals surface area contributed by atoms with Crippen molar-refractivity contribution in [2.24, 2.45) is 35.5 Å². The van der Waals surface area contributed by atoms with E-state index in [-0.39, 0.29) is 5.41 Å². The van der Waals surface area contributed by atoms with Gasteiger partial charge in [0.25, 0.3) is 0 Å². The summed E-state index contributed by atoms with van der Waals surface area (Å²) in [5.41, 5.74) is 3.64. The highest BCUT2D eigenvalue weighted by atomic mass is 16.6. The van der Waals surface area contributed by atoms with Gasteiger partial charge in [0.05, 0.1) is 13.2 Å². The number of benzene rings is 2. The molecular weight excluding hydrogens is 576 g/mol. The lowest BCUT2D eigenvalue weighted by molar-refractivity contribution is -0.00520. The third-order valence-electron chi connectivity index (χ3n) is 13.3. The Labute approximate surface area is 272 Å². The first-order chi connectivity index (χ1) is 22.6. The van der Waals surface area contributed by atoms with E-state index in [1.165, 1.54) is 93.4 Å². The van der Waals surface area contributed by atoms with Crippen LogP contribution in [0, 0.1) is 35.5 Å². The second kappa shape index (κ2) is 10.9. The largest absolute Gasteiger partial charge is 0.487 e. The van der Waals surface area contributed by atoms with Crippen LogP contribution >= 0.6 is 0 Å². The second-order valence-electron chi connectivity index (χ2n) is 16.6. The van der Waals surface area contributed by atoms with Crippen molar-refractivity contribution in [2.75, 3.05) is 39.6 Å². The average molecular weight is 625 g/mol. The van der Waals surface area contributed by atoms with Crippen LogP contribution in [0.2, 0.25) is 0 Å². The minimum absolute atomic E-state index is 0.249. The van der Waals surface area contributed by atoms with Gasteiger partial charge in [0.15, 0.2) is 23.0 Å². The molecule has 8 saturated carbocycles. The normalized spacial score (nSPS) is 37.1. The summed E-state index contributed by atoms with van der Waals surface area (Å²) in [6.45, 7) is 2.98. The van der Waals surface area contributed by atoms with E-state index >= 15 is 0 Å². The second-order valence-corrected chi connectivity index (χ2v) is 16.6. The monoisotopic (exact) mass is 624 g/mol. The van der Waals surface area contributed by atoms with Crippen molar-refractivity contribution in [3.63, 3.8) is 0 Å². The molecule has 2 aromatic rings. The van der Waals surface area contributed by atoms with E-state index in [9.17, 15) is 0 Å². The number of ether oxygens (including phenoxy) is 6. The zero-order valence-electron chi connectivity index (χ0n) is 27.1. The van der Waals surface area contributed by atoms with Crippen LogP contribution in [-0.2, 0) is 29.8 Å². The van der Waals surface area contributed by atoms with Crippen molar-refractivity contribution in [3.05, 3.63) is 59.4 Å². The molecule has 6 nitrogen and oxygen atoms in total. The summed E-state index contributed by atoms with van der Waals surface area (Å²) in [7, 11) is 0. The lowest BCUT2D eigenvalue weighted by Crippen LogP contribution is -2.48. The fraction of sp³-hybridized carbons (Fsp3) is 0.650. The van der Waals surface area contributed by atoms with E-state index < -0.39 is 0 Å². The standard InChI is InChI=1S/C40H48O6/c1-2-34-35(13-31(1)39-15-25-7-26(16-39)9-27(8-25)17-39)38(44-6-4-42-22-33-24-46-33)37(43-5-3-41-21-32-23-45-32)14-36(34)40-18-28-10-29(19-40)12-30(11-28)20-40/h1-2,13-14,23-30H,3-12,15-22H2. The molecule has 0 spiro atoms. The van der Waals surface area contributed by atoms with E-state index in [1.807, 2.05) is 0 Å². The van der Waals surface area contributed by atoms with Gasteiger partial charge in [0.1, 0.15) is 39.0 Å². The number of hydrogen-bond donors (Lipinski definition) is 0. The third kappa shape index (κ3) is 5.13. The maximum absolute atomic E-state index is 6.73. The van der Waals surface area contributed by atoms with Crippen LogP contribution in [0.5, 0.6) is 11.5 Å². The van der Waals surface area contributed by atoms with Gasteiger partial charge < -0.3 is 28.4 Å². The molecule has 2 aromatic carbocycles. The molecule has 8 bridgehead atoms. The van der Waals surface area contributed by atoms with Crippen LogP contribution in [-0.4, -0.2) is 39.6 Å². The molecule has 0 N–H and O–H groups in total. The highest BCUT2D eigenvalue weighted by Crippen LogP contribution is 2.64. The van der Waals surface area contributed by atoms with Gasteiger partial charge in [0.2, 0.25) is 0 Å². The Kier molecular flexibility index (Phi) is 6.72. The summed E-state index contributed by atoms with van der Waals surface area (Å²) in [5, 5.41) is 2.64. The maximum atomic E-state index is 6.73. The molecular formula is C40H48O6. The summed E-state index contributed by atoms with van der Waals surface area (Å²) in [4.78, 5) is 0. The molecule has 244 valence electrons. The molecule has 8 aliphatic carbocycles. The Morgan fingerprint density at radius 2 is 1.07 bits per heavy atom. The molecule has 2 heterocycles. The van der Waals surface area contributed by atoms with Crippen molar-refractivity contribution < 1.29 is 28.4 Å². The van der Waals surface area contributed by atoms with Gasteiger partial charge in [-0.15, -0.1) is 0 Å². The van der Waals surface area contributed by atoms with Crippen LogP contribution in [0.1, 0.15) is 88.2 Å². The third-order valence-corrected chi connectivity index (χ3v) is 13.3. The van der Waals surface area contributed by atoms with E-state index in [0.29, 0.717) is 45.1 Å². The predicted molar refractivity (Wildman–Crippen MR) is 175 cm³/mol. The number of fused-ring (bicyclic) bond motifs is 1. The van der Waals surface area contributed by atoms with Crippen LogP contribution < -0.4 is 9.47 Å². The molecule has 6 heteroatoms. The fourth-order valence-corrected chi connectivity index (χ4v) is 12.3. The Bertz CT molecular complexity index is 1520. The highest BCUT2D eigenvalue weighted by Gasteiger charge is 2.53. The van der Waals surface area contributed by atoms with E-state index in [1.54, 1.807) is 18.1 Å². The quantitative estimate of drug-likeness (QED) is 0.197. The smallest absolute Gasteiger partial charge is 0.169 e. The molecule has 0 amide bonds. The highest BCUT2D eigenvalue weighted by molar-refractivity contribution is 5.95. The van der Waals surface area contributed by atoms with Gasteiger partial charge in [-0.05, 0) is 152 Å². The van der Waals surface area contributed by atoms with Gasteiger partial charge in [-0.1, -0.05) is 12.1 Å². The zero-order valence-corrected chi connectivity index (χ0v) is 27.1. The number of hydrogen-bond acceptors (Lipinski definition) is 6. The Morgan fingerprint density at radius 3 is 1.59 bits per heavy atom. The molecule has 0 atom stereocenters. The molecule has 10 aliphatic rings. The van der Waals surface area contributed by atoms with Crippen LogP contribution in [0.4, 0.5) is 0 Å². The predicted octanol–water partition coefficient (Wildman–Crippen LogP) is 8.31. The van der Waals surface area contributed by atoms with Gasteiger partial charge >= 0.3 is 0 Å². The summed E-state index contributed by atoms with van der Waals surface area (Å²) in [6.07, 6.45) is 20.3. The molecule has 0 unspecified atom stereocenters.